The summed E-state index contributed by atoms with van der Waals surface area (Å²) in [7, 11) is 3.65. The monoisotopic (exact) mass is 383 g/mol. The number of rotatable bonds is 6. The summed E-state index contributed by atoms with van der Waals surface area (Å²) < 4.78 is 7.56. The molecule has 0 N–H and O–H groups in total. The lowest BCUT2D eigenvalue weighted by Crippen LogP contribution is -2.27. The van der Waals surface area contributed by atoms with E-state index >= 15 is 0 Å². The van der Waals surface area contributed by atoms with Crippen LogP contribution < -0.4 is 4.74 Å². The van der Waals surface area contributed by atoms with E-state index < -0.39 is 0 Å². The molecule has 0 atom stereocenters. The van der Waals surface area contributed by atoms with Gasteiger partial charge in [0.1, 0.15) is 12.4 Å². The van der Waals surface area contributed by atoms with Crippen LogP contribution in [0.2, 0.25) is 5.02 Å². The summed E-state index contributed by atoms with van der Waals surface area (Å²) in [5.74, 6) is 0.623. The highest BCUT2D eigenvalue weighted by Gasteiger charge is 2.13. The highest BCUT2D eigenvalue weighted by atomic mass is 35.5. The van der Waals surface area contributed by atoms with Crippen LogP contribution in [0.3, 0.4) is 0 Å². The fourth-order valence-electron chi connectivity index (χ4n) is 2.72. The third-order valence-corrected chi connectivity index (χ3v) is 4.66. The molecule has 0 aliphatic carbocycles. The SMILES string of the molecule is Cc1ccc(Cl)c(OCc2ccc(C(=O)N(C)Cc3ccnn3C)cc2)c1. The lowest BCUT2D eigenvalue weighted by atomic mass is 10.1. The Labute approximate surface area is 164 Å². The molecule has 140 valence electrons. The number of carbonyl (C=O) groups excluding carboxylic acids is 1. The van der Waals surface area contributed by atoms with E-state index in [1.165, 1.54) is 0 Å². The van der Waals surface area contributed by atoms with Crippen LogP contribution in [-0.2, 0) is 20.2 Å². The van der Waals surface area contributed by atoms with Crippen molar-refractivity contribution in [2.75, 3.05) is 7.05 Å². The van der Waals surface area contributed by atoms with Gasteiger partial charge in [0.05, 0.1) is 17.3 Å². The van der Waals surface area contributed by atoms with Gasteiger partial charge in [-0.1, -0.05) is 29.8 Å². The van der Waals surface area contributed by atoms with Gasteiger partial charge in [0.2, 0.25) is 0 Å². The second-order valence-electron chi connectivity index (χ2n) is 6.53. The van der Waals surface area contributed by atoms with Gasteiger partial charge in [0, 0.05) is 25.9 Å². The van der Waals surface area contributed by atoms with Crippen LogP contribution in [0.4, 0.5) is 0 Å². The van der Waals surface area contributed by atoms with Crippen LogP contribution in [-0.4, -0.2) is 27.6 Å². The van der Waals surface area contributed by atoms with Gasteiger partial charge in [-0.3, -0.25) is 9.48 Å². The van der Waals surface area contributed by atoms with E-state index in [1.54, 1.807) is 22.8 Å². The molecule has 3 aromatic rings. The second-order valence-corrected chi connectivity index (χ2v) is 6.93. The normalized spacial score (nSPS) is 10.7. The van der Waals surface area contributed by atoms with Gasteiger partial charge in [-0.25, -0.2) is 0 Å². The molecule has 0 saturated heterocycles. The first-order chi connectivity index (χ1) is 12.9. The minimum atomic E-state index is -0.0367. The maximum absolute atomic E-state index is 12.6. The molecular formula is C21H22ClN3O2. The van der Waals surface area contributed by atoms with Gasteiger partial charge in [-0.15, -0.1) is 0 Å². The fourth-order valence-corrected chi connectivity index (χ4v) is 2.89. The minimum Gasteiger partial charge on any atom is -0.487 e. The number of hydrogen-bond acceptors (Lipinski definition) is 3. The molecule has 0 aliphatic heterocycles. The first kappa shape index (κ1) is 19.0. The molecule has 0 aliphatic rings. The number of nitrogens with zero attached hydrogens (tertiary/aromatic N) is 3. The number of aryl methyl sites for hydroxylation is 2. The molecule has 3 rings (SSSR count). The lowest BCUT2D eigenvalue weighted by Gasteiger charge is -2.17. The summed E-state index contributed by atoms with van der Waals surface area (Å²) in [6.07, 6.45) is 1.73. The van der Waals surface area contributed by atoms with Gasteiger partial charge >= 0.3 is 0 Å². The van der Waals surface area contributed by atoms with E-state index in [-0.39, 0.29) is 5.91 Å². The van der Waals surface area contributed by atoms with Crippen molar-refractivity contribution in [3.8, 4) is 5.75 Å². The van der Waals surface area contributed by atoms with Crippen LogP contribution >= 0.6 is 11.6 Å². The summed E-state index contributed by atoms with van der Waals surface area (Å²) in [4.78, 5) is 14.3. The quantitative estimate of drug-likeness (QED) is 0.639. The zero-order chi connectivity index (χ0) is 19.4. The largest absolute Gasteiger partial charge is 0.487 e. The van der Waals surface area contributed by atoms with Gasteiger partial charge in [-0.2, -0.15) is 5.10 Å². The summed E-state index contributed by atoms with van der Waals surface area (Å²) >= 11 is 6.15. The van der Waals surface area contributed by atoms with Crippen molar-refractivity contribution in [2.45, 2.75) is 20.1 Å². The molecule has 27 heavy (non-hydrogen) atoms. The number of halogens is 1. The number of ether oxygens (including phenoxy) is 1. The molecule has 6 heteroatoms. The standard InChI is InChI=1S/C21H22ClN3O2/c1-15-4-9-19(22)20(12-15)27-14-16-5-7-17(8-6-16)21(26)24(2)13-18-10-11-23-25(18)3/h4-12H,13-14H2,1-3H3. The number of benzene rings is 2. The molecule has 5 nitrogen and oxygen atoms in total. The van der Waals surface area contributed by atoms with Crippen LogP contribution in [0.1, 0.15) is 27.2 Å². The van der Waals surface area contributed by atoms with E-state index in [1.807, 2.05) is 62.5 Å². The molecule has 0 saturated carbocycles. The molecule has 0 fully saturated rings. The Bertz CT molecular complexity index is 935. The average molecular weight is 384 g/mol. The molecule has 0 bridgehead atoms. The van der Waals surface area contributed by atoms with Gasteiger partial charge in [-0.05, 0) is 48.4 Å². The maximum atomic E-state index is 12.6. The highest BCUT2D eigenvalue weighted by Crippen LogP contribution is 2.26. The molecule has 0 spiro atoms. The average Bonchev–Trinajstić information content (AvgIpc) is 3.07. The summed E-state index contributed by atoms with van der Waals surface area (Å²) in [6, 6.07) is 15.0. The molecule has 2 aromatic carbocycles. The van der Waals surface area contributed by atoms with E-state index in [9.17, 15) is 4.79 Å². The highest BCUT2D eigenvalue weighted by molar-refractivity contribution is 6.32. The summed E-state index contributed by atoms with van der Waals surface area (Å²) in [5.41, 5.74) is 3.67. The number of carbonyl (C=O) groups is 1. The van der Waals surface area contributed by atoms with Crippen LogP contribution in [0.15, 0.2) is 54.7 Å². The topological polar surface area (TPSA) is 47.4 Å². The minimum absolute atomic E-state index is 0.0367. The first-order valence-electron chi connectivity index (χ1n) is 8.64. The van der Waals surface area contributed by atoms with Gasteiger partial charge < -0.3 is 9.64 Å². The molecule has 0 unspecified atom stereocenters. The van der Waals surface area contributed by atoms with Gasteiger partial charge in [0.25, 0.3) is 5.91 Å². The van der Waals surface area contributed by atoms with Crippen LogP contribution in [0.25, 0.3) is 0 Å². The third kappa shape index (κ3) is 4.68. The van der Waals surface area contributed by atoms with Crippen LogP contribution in [0, 0.1) is 6.92 Å². The predicted molar refractivity (Wildman–Crippen MR) is 106 cm³/mol. The zero-order valence-electron chi connectivity index (χ0n) is 15.6. The van der Waals surface area contributed by atoms with Crippen molar-refractivity contribution >= 4 is 17.5 Å². The Kier molecular flexibility index (Phi) is 5.81. The van der Waals surface area contributed by atoms with Crippen LogP contribution in [0.5, 0.6) is 5.75 Å². The zero-order valence-corrected chi connectivity index (χ0v) is 16.4. The van der Waals surface area contributed by atoms with E-state index in [4.69, 9.17) is 16.3 Å². The molecule has 1 heterocycles. The Morgan fingerprint density at radius 2 is 1.93 bits per heavy atom. The predicted octanol–water partition coefficient (Wildman–Crippen LogP) is 4.23. The molecular weight excluding hydrogens is 362 g/mol. The van der Waals surface area contributed by atoms with Gasteiger partial charge in [0.15, 0.2) is 0 Å². The Balaban J connectivity index is 1.61. The Morgan fingerprint density at radius 1 is 1.19 bits per heavy atom. The molecule has 1 amide bonds. The fraction of sp³-hybridized carbons (Fsp3) is 0.238. The number of amides is 1. The van der Waals surface area contributed by atoms with E-state index in [0.29, 0.717) is 29.5 Å². The maximum Gasteiger partial charge on any atom is 0.253 e. The number of aromatic nitrogens is 2. The first-order valence-corrected chi connectivity index (χ1v) is 9.02. The molecule has 1 aromatic heterocycles. The third-order valence-electron chi connectivity index (χ3n) is 4.35. The van der Waals surface area contributed by atoms with Crippen molar-refractivity contribution in [1.29, 1.82) is 0 Å². The van der Waals surface area contributed by atoms with Crippen molar-refractivity contribution in [3.05, 3.63) is 82.1 Å². The number of hydrogen-bond donors (Lipinski definition) is 0. The Hall–Kier alpha value is -2.79. The van der Waals surface area contributed by atoms with Crippen molar-refractivity contribution in [2.24, 2.45) is 7.05 Å². The van der Waals surface area contributed by atoms with Crippen molar-refractivity contribution in [1.82, 2.24) is 14.7 Å². The summed E-state index contributed by atoms with van der Waals surface area (Å²) in [6.45, 7) is 2.89. The Morgan fingerprint density at radius 3 is 2.59 bits per heavy atom. The summed E-state index contributed by atoms with van der Waals surface area (Å²) in [5, 5.41) is 4.71. The van der Waals surface area contributed by atoms with Crippen molar-refractivity contribution < 1.29 is 9.53 Å². The van der Waals surface area contributed by atoms with Crippen molar-refractivity contribution in [3.63, 3.8) is 0 Å². The van der Waals surface area contributed by atoms with E-state index in [2.05, 4.69) is 5.10 Å². The second kappa shape index (κ2) is 8.27. The van der Waals surface area contributed by atoms with E-state index in [0.717, 1.165) is 16.8 Å². The lowest BCUT2D eigenvalue weighted by molar-refractivity contribution is 0.0782. The molecule has 0 radical (unpaired) electrons. The smallest absolute Gasteiger partial charge is 0.253 e.